The van der Waals surface area contributed by atoms with Crippen LogP contribution in [0.5, 0.6) is 0 Å². The Morgan fingerprint density at radius 3 is 2.22 bits per heavy atom. The van der Waals surface area contributed by atoms with E-state index >= 15 is 0 Å². The van der Waals surface area contributed by atoms with Crippen LogP contribution in [-0.4, -0.2) is 30.7 Å². The zero-order valence-electron chi connectivity index (χ0n) is 16.6. The van der Waals surface area contributed by atoms with Gasteiger partial charge in [0.2, 0.25) is 5.78 Å². The van der Waals surface area contributed by atoms with Gasteiger partial charge >= 0.3 is 6.18 Å². The van der Waals surface area contributed by atoms with Gasteiger partial charge in [-0.3, -0.25) is 9.10 Å². The molecule has 3 aromatic rings. The van der Waals surface area contributed by atoms with Gasteiger partial charge in [0, 0.05) is 18.2 Å². The molecule has 1 aliphatic heterocycles. The Labute approximate surface area is 182 Å². The van der Waals surface area contributed by atoms with Crippen molar-refractivity contribution >= 4 is 21.6 Å². The van der Waals surface area contributed by atoms with Crippen LogP contribution in [0.15, 0.2) is 83.4 Å². The number of benzene rings is 3. The van der Waals surface area contributed by atoms with Crippen molar-refractivity contribution in [2.75, 3.05) is 7.05 Å². The average Bonchev–Trinajstić information content (AvgIpc) is 2.78. The highest BCUT2D eigenvalue weighted by molar-refractivity contribution is 7.89. The number of fused-ring (bicyclic) bond motifs is 1. The summed E-state index contributed by atoms with van der Waals surface area (Å²) in [4.78, 5) is 13.1. The van der Waals surface area contributed by atoms with Gasteiger partial charge in [-0.25, -0.2) is 8.42 Å². The third-order valence-electron chi connectivity index (χ3n) is 5.21. The van der Waals surface area contributed by atoms with Crippen LogP contribution < -0.4 is 0 Å². The number of sulfonamides is 1. The number of rotatable bonds is 3. The summed E-state index contributed by atoms with van der Waals surface area (Å²) in [7, 11) is -2.87. The van der Waals surface area contributed by atoms with Crippen LogP contribution in [0.1, 0.15) is 21.5 Å². The number of Topliss-reactive ketones (excluding diaryl/α,β-unsaturated/α-hetero) is 1. The quantitative estimate of drug-likeness (QED) is 0.552. The van der Waals surface area contributed by atoms with Gasteiger partial charge in [-0.1, -0.05) is 42.5 Å². The van der Waals surface area contributed by atoms with Crippen LogP contribution >= 0.6 is 0 Å². The highest BCUT2D eigenvalue weighted by atomic mass is 32.2. The third kappa shape index (κ3) is 3.54. The number of alkyl halides is 3. The summed E-state index contributed by atoms with van der Waals surface area (Å²) in [5.41, 5.74) is -0.199. The van der Waals surface area contributed by atoms with Gasteiger partial charge in [0.25, 0.3) is 10.0 Å². The average molecular weight is 459 g/mol. The molecule has 4 rings (SSSR count). The van der Waals surface area contributed by atoms with Crippen molar-refractivity contribution in [3.63, 3.8) is 0 Å². The minimum atomic E-state index is -4.46. The predicted molar refractivity (Wildman–Crippen MR) is 112 cm³/mol. The van der Waals surface area contributed by atoms with Crippen molar-refractivity contribution in [3.8, 4) is 11.1 Å². The van der Waals surface area contributed by atoms with E-state index in [4.69, 9.17) is 0 Å². The van der Waals surface area contributed by atoms with E-state index in [1.54, 1.807) is 12.1 Å². The van der Waals surface area contributed by atoms with Crippen molar-refractivity contribution in [3.05, 3.63) is 95.2 Å². The second-order valence-electron chi connectivity index (χ2n) is 7.15. The first kappa shape index (κ1) is 21.6. The first-order valence-electron chi connectivity index (χ1n) is 9.36. The maximum absolute atomic E-state index is 13.2. The van der Waals surface area contributed by atoms with E-state index in [1.807, 2.05) is 0 Å². The Balaban J connectivity index is 1.77. The molecule has 1 N–H and O–H groups in total. The van der Waals surface area contributed by atoms with E-state index in [9.17, 15) is 31.5 Å². The van der Waals surface area contributed by atoms with E-state index in [0.717, 1.165) is 16.4 Å². The summed E-state index contributed by atoms with van der Waals surface area (Å²) < 4.78 is 64.8. The SMILES string of the molecule is CN1C(C(=O)c2cccc(-c3ccc(C(F)(F)F)cc3)c2)=C(O)c2ccccc2S1(=O)=O. The van der Waals surface area contributed by atoms with Crippen LogP contribution in [0.3, 0.4) is 0 Å². The fourth-order valence-corrected chi connectivity index (χ4v) is 4.91. The Kier molecular flexibility index (Phi) is 5.09. The second kappa shape index (κ2) is 7.52. The van der Waals surface area contributed by atoms with Gasteiger partial charge < -0.3 is 5.11 Å². The zero-order valence-corrected chi connectivity index (χ0v) is 17.4. The normalized spacial score (nSPS) is 15.4. The summed E-state index contributed by atoms with van der Waals surface area (Å²) in [6.45, 7) is 0. The monoisotopic (exact) mass is 459 g/mol. The van der Waals surface area contributed by atoms with Crippen molar-refractivity contribution < 1.29 is 31.5 Å². The van der Waals surface area contributed by atoms with Gasteiger partial charge in [-0.15, -0.1) is 0 Å². The number of ketones is 1. The predicted octanol–water partition coefficient (Wildman–Crippen LogP) is 5.12. The molecule has 0 aliphatic carbocycles. The van der Waals surface area contributed by atoms with Crippen molar-refractivity contribution in [2.45, 2.75) is 11.1 Å². The molecule has 0 aromatic heterocycles. The molecule has 1 heterocycles. The first-order chi connectivity index (χ1) is 15.0. The summed E-state index contributed by atoms with van der Waals surface area (Å²) in [6.07, 6.45) is -4.46. The van der Waals surface area contributed by atoms with Gasteiger partial charge in [0.1, 0.15) is 5.70 Å². The lowest BCUT2D eigenvalue weighted by Gasteiger charge is -2.28. The number of halogens is 3. The zero-order chi connectivity index (χ0) is 23.3. The molecule has 9 heteroatoms. The lowest BCUT2D eigenvalue weighted by molar-refractivity contribution is -0.137. The summed E-state index contributed by atoms with van der Waals surface area (Å²) in [5.74, 6) is -1.21. The van der Waals surface area contributed by atoms with Crippen LogP contribution in [0, 0.1) is 0 Å². The lowest BCUT2D eigenvalue weighted by atomic mass is 9.98. The Morgan fingerprint density at radius 1 is 0.906 bits per heavy atom. The molecule has 0 bridgehead atoms. The molecule has 0 saturated heterocycles. The smallest absolute Gasteiger partial charge is 0.416 e. The Hall–Kier alpha value is -3.59. The number of allylic oxidation sites excluding steroid dienone is 1. The number of nitrogens with zero attached hydrogens (tertiary/aromatic N) is 1. The lowest BCUT2D eigenvalue weighted by Crippen LogP contribution is -2.35. The van der Waals surface area contributed by atoms with E-state index in [2.05, 4.69) is 0 Å². The summed E-state index contributed by atoms with van der Waals surface area (Å²) in [5, 5.41) is 10.7. The minimum Gasteiger partial charge on any atom is -0.505 e. The maximum atomic E-state index is 13.2. The summed E-state index contributed by atoms with van der Waals surface area (Å²) >= 11 is 0. The Bertz CT molecular complexity index is 1360. The standard InChI is InChI=1S/C23H16F3NO4S/c1-27-20(22(29)18-7-2-3-8-19(18)32(27,30)31)21(28)16-6-4-5-15(13-16)14-9-11-17(12-10-14)23(24,25)26/h2-13,29H,1H3. The summed E-state index contributed by atoms with van der Waals surface area (Å²) in [6, 6.07) is 16.3. The molecule has 0 saturated carbocycles. The number of aliphatic hydroxyl groups excluding tert-OH is 1. The molecule has 0 fully saturated rings. The van der Waals surface area contributed by atoms with Crippen molar-refractivity contribution in [2.24, 2.45) is 0 Å². The van der Waals surface area contributed by atoms with Crippen molar-refractivity contribution in [1.29, 1.82) is 0 Å². The maximum Gasteiger partial charge on any atom is 0.416 e. The Morgan fingerprint density at radius 2 is 1.56 bits per heavy atom. The molecule has 5 nitrogen and oxygen atoms in total. The van der Waals surface area contributed by atoms with E-state index in [-0.39, 0.29) is 16.0 Å². The van der Waals surface area contributed by atoms with Gasteiger partial charge in [0.15, 0.2) is 5.76 Å². The number of carbonyl (C=O) groups excluding carboxylic acids is 1. The molecule has 164 valence electrons. The molecule has 0 radical (unpaired) electrons. The highest BCUT2D eigenvalue weighted by Gasteiger charge is 2.38. The molecular weight excluding hydrogens is 443 g/mol. The van der Waals surface area contributed by atoms with Gasteiger partial charge in [-0.2, -0.15) is 13.2 Å². The second-order valence-corrected chi connectivity index (χ2v) is 9.09. The molecular formula is C23H16F3NO4S. The van der Waals surface area contributed by atoms with Crippen LogP contribution in [-0.2, 0) is 16.2 Å². The van der Waals surface area contributed by atoms with Crippen LogP contribution in [0.4, 0.5) is 13.2 Å². The first-order valence-corrected chi connectivity index (χ1v) is 10.8. The van der Waals surface area contributed by atoms with Crippen LogP contribution in [0.2, 0.25) is 0 Å². The fraction of sp³-hybridized carbons (Fsp3) is 0.0870. The molecule has 3 aromatic carbocycles. The van der Waals surface area contributed by atoms with Crippen LogP contribution in [0.25, 0.3) is 16.9 Å². The number of aliphatic hydroxyl groups is 1. The van der Waals surface area contributed by atoms with Gasteiger partial charge in [-0.05, 0) is 41.5 Å². The van der Waals surface area contributed by atoms with Gasteiger partial charge in [0.05, 0.1) is 10.5 Å². The molecule has 32 heavy (non-hydrogen) atoms. The van der Waals surface area contributed by atoms with E-state index in [1.165, 1.54) is 55.6 Å². The molecule has 0 atom stereocenters. The number of hydrogen-bond donors (Lipinski definition) is 1. The molecule has 0 unspecified atom stereocenters. The fourth-order valence-electron chi connectivity index (χ4n) is 3.51. The topological polar surface area (TPSA) is 74.7 Å². The number of carbonyl (C=O) groups is 1. The molecule has 0 amide bonds. The third-order valence-corrected chi connectivity index (χ3v) is 7.02. The number of likely N-dealkylation sites (N-methyl/N-ethyl adjacent to an activating group) is 1. The molecule has 0 spiro atoms. The molecule has 1 aliphatic rings. The van der Waals surface area contributed by atoms with Crippen molar-refractivity contribution in [1.82, 2.24) is 4.31 Å². The van der Waals surface area contributed by atoms with E-state index in [0.29, 0.717) is 11.1 Å². The highest BCUT2D eigenvalue weighted by Crippen LogP contribution is 2.36. The number of hydrogen-bond acceptors (Lipinski definition) is 4. The van der Waals surface area contributed by atoms with E-state index < -0.39 is 39.0 Å². The largest absolute Gasteiger partial charge is 0.505 e. The minimum absolute atomic E-state index is 0.0212.